The molecule has 24 heavy (non-hydrogen) atoms. The van der Waals surface area contributed by atoms with E-state index in [0.29, 0.717) is 17.5 Å². The molecule has 1 unspecified atom stereocenters. The summed E-state index contributed by atoms with van der Waals surface area (Å²) in [5, 5.41) is 11.3. The Morgan fingerprint density at radius 2 is 1.75 bits per heavy atom. The highest BCUT2D eigenvalue weighted by molar-refractivity contribution is 7.89. The van der Waals surface area contributed by atoms with E-state index in [4.69, 9.17) is 5.73 Å². The lowest BCUT2D eigenvalue weighted by molar-refractivity contribution is -0.388. The van der Waals surface area contributed by atoms with E-state index in [1.807, 2.05) is 13.8 Å². The highest BCUT2D eigenvalue weighted by atomic mass is 35.5. The topological polar surface area (TPSA) is 107 Å². The number of nitrogens with two attached hydrogens (primary N) is 1. The molecule has 0 aliphatic carbocycles. The minimum atomic E-state index is -3.95. The minimum absolute atomic E-state index is 0. The van der Waals surface area contributed by atoms with E-state index in [-0.39, 0.29) is 41.5 Å². The van der Waals surface area contributed by atoms with Gasteiger partial charge in [-0.3, -0.25) is 10.1 Å². The molecule has 0 saturated carbocycles. The minimum Gasteiger partial charge on any atom is -0.327 e. The van der Waals surface area contributed by atoms with Gasteiger partial charge in [-0.25, -0.2) is 12.7 Å². The van der Waals surface area contributed by atoms with E-state index < -0.39 is 14.9 Å². The molecule has 0 aromatic heterocycles. The van der Waals surface area contributed by atoms with Crippen molar-refractivity contribution < 1.29 is 13.3 Å². The van der Waals surface area contributed by atoms with E-state index in [2.05, 4.69) is 0 Å². The fraction of sp³-hybridized carbons (Fsp3) is 0.600. The summed E-state index contributed by atoms with van der Waals surface area (Å²) >= 11 is 0. The Morgan fingerprint density at radius 3 is 2.21 bits per heavy atom. The monoisotopic (exact) mass is 379 g/mol. The van der Waals surface area contributed by atoms with Crippen LogP contribution in [0.3, 0.4) is 0 Å². The molecule has 1 aromatic carbocycles. The van der Waals surface area contributed by atoms with Crippen LogP contribution in [-0.2, 0) is 10.0 Å². The zero-order valence-corrected chi connectivity index (χ0v) is 16.3. The second-order valence-electron chi connectivity index (χ2n) is 6.16. The van der Waals surface area contributed by atoms with Crippen LogP contribution in [0.1, 0.15) is 31.4 Å². The molecular weight excluding hydrogens is 354 g/mol. The molecule has 0 fully saturated rings. The van der Waals surface area contributed by atoms with Crippen LogP contribution in [0.4, 0.5) is 5.69 Å². The fourth-order valence-electron chi connectivity index (χ4n) is 2.26. The molecule has 0 bridgehead atoms. The van der Waals surface area contributed by atoms with Crippen LogP contribution >= 0.6 is 12.4 Å². The molecule has 138 valence electrons. The molecule has 9 heteroatoms. The molecule has 0 amide bonds. The molecule has 0 heterocycles. The average Bonchev–Trinajstić information content (AvgIpc) is 2.45. The Bertz CT molecular complexity index is 692. The van der Waals surface area contributed by atoms with Gasteiger partial charge in [0, 0.05) is 25.2 Å². The second kappa shape index (κ2) is 8.75. The van der Waals surface area contributed by atoms with E-state index >= 15 is 0 Å². The molecule has 1 atom stereocenters. The number of hydrogen-bond donors (Lipinski definition) is 1. The van der Waals surface area contributed by atoms with Crippen LogP contribution in [-0.4, -0.2) is 37.3 Å². The van der Waals surface area contributed by atoms with E-state index in [9.17, 15) is 18.5 Å². The van der Waals surface area contributed by atoms with Crippen molar-refractivity contribution >= 4 is 28.1 Å². The highest BCUT2D eigenvalue weighted by Crippen LogP contribution is 2.32. The highest BCUT2D eigenvalue weighted by Gasteiger charge is 2.33. The Labute approximate surface area is 149 Å². The third-order valence-electron chi connectivity index (χ3n) is 4.01. The number of nitro groups is 1. The number of aryl methyl sites for hydroxylation is 2. The maximum Gasteiger partial charge on any atom is 0.292 e. The van der Waals surface area contributed by atoms with Crippen LogP contribution in [0, 0.1) is 29.9 Å². The van der Waals surface area contributed by atoms with Gasteiger partial charge in [0.05, 0.1) is 4.92 Å². The Morgan fingerprint density at radius 1 is 1.25 bits per heavy atom. The molecule has 0 aliphatic heterocycles. The van der Waals surface area contributed by atoms with Crippen molar-refractivity contribution in [3.63, 3.8) is 0 Å². The zero-order valence-electron chi connectivity index (χ0n) is 14.6. The van der Waals surface area contributed by atoms with Gasteiger partial charge in [-0.1, -0.05) is 26.0 Å². The molecule has 2 N–H and O–H groups in total. The first-order valence-corrected chi connectivity index (χ1v) is 8.90. The first kappa shape index (κ1) is 22.8. The lowest BCUT2D eigenvalue weighted by Crippen LogP contribution is -2.35. The number of rotatable bonds is 7. The van der Waals surface area contributed by atoms with Gasteiger partial charge >= 0.3 is 0 Å². The predicted octanol–water partition coefficient (Wildman–Crippen LogP) is 2.63. The smallest absolute Gasteiger partial charge is 0.292 e. The second-order valence-corrected chi connectivity index (χ2v) is 8.14. The maximum atomic E-state index is 12.8. The van der Waals surface area contributed by atoms with Gasteiger partial charge in [0.2, 0.25) is 10.0 Å². The van der Waals surface area contributed by atoms with Gasteiger partial charge in [-0.2, -0.15) is 0 Å². The molecule has 7 nitrogen and oxygen atoms in total. The van der Waals surface area contributed by atoms with Crippen molar-refractivity contribution in [3.8, 4) is 0 Å². The number of benzene rings is 1. The largest absolute Gasteiger partial charge is 0.327 e. The van der Waals surface area contributed by atoms with Gasteiger partial charge < -0.3 is 5.73 Å². The normalized spacial score (nSPS) is 13.0. The molecule has 0 aliphatic rings. The lowest BCUT2D eigenvalue weighted by atomic mass is 10.0. The van der Waals surface area contributed by atoms with Crippen LogP contribution < -0.4 is 5.73 Å². The predicted molar refractivity (Wildman–Crippen MR) is 97.1 cm³/mol. The van der Waals surface area contributed by atoms with Crippen molar-refractivity contribution in [2.75, 3.05) is 13.6 Å². The van der Waals surface area contributed by atoms with E-state index in [1.165, 1.54) is 14.0 Å². The Kier molecular flexibility index (Phi) is 8.31. The maximum absolute atomic E-state index is 12.8. The molecule has 0 spiro atoms. The summed E-state index contributed by atoms with van der Waals surface area (Å²) < 4.78 is 26.7. The average molecular weight is 380 g/mol. The van der Waals surface area contributed by atoms with E-state index in [1.54, 1.807) is 19.1 Å². The molecular formula is C15H26ClN3O4S. The number of sulfonamides is 1. The van der Waals surface area contributed by atoms with Crippen molar-refractivity contribution in [3.05, 3.63) is 33.4 Å². The van der Waals surface area contributed by atoms with Crippen molar-refractivity contribution in [2.45, 2.75) is 45.1 Å². The van der Waals surface area contributed by atoms with Gasteiger partial charge in [-0.15, -0.1) is 12.4 Å². The number of hydrogen-bond acceptors (Lipinski definition) is 5. The van der Waals surface area contributed by atoms with E-state index in [0.717, 1.165) is 4.31 Å². The summed E-state index contributed by atoms with van der Waals surface area (Å²) in [6, 6.07) is 3.02. The Hall–Kier alpha value is -1.22. The summed E-state index contributed by atoms with van der Waals surface area (Å²) in [4.78, 5) is 10.5. The SMILES string of the molecule is Cc1ccc(C)c(S(=O)(=O)N(C)CCC(N)C(C)C)c1[N+](=O)[O-].Cl. The van der Waals surface area contributed by atoms with Crippen LogP contribution in [0.2, 0.25) is 0 Å². The van der Waals surface area contributed by atoms with Gasteiger partial charge in [0.15, 0.2) is 4.90 Å². The first-order chi connectivity index (χ1) is 10.5. The third-order valence-corrected chi connectivity index (χ3v) is 6.05. The van der Waals surface area contributed by atoms with Crippen molar-refractivity contribution in [1.82, 2.24) is 4.31 Å². The lowest BCUT2D eigenvalue weighted by Gasteiger charge is -2.22. The summed E-state index contributed by atoms with van der Waals surface area (Å²) in [7, 11) is -2.53. The molecule has 1 rings (SSSR count). The quantitative estimate of drug-likeness (QED) is 0.578. The van der Waals surface area contributed by atoms with Gasteiger partial charge in [-0.05, 0) is 31.7 Å². The fourth-order valence-corrected chi connectivity index (χ4v) is 3.88. The summed E-state index contributed by atoms with van der Waals surface area (Å²) in [6.45, 7) is 7.24. The number of nitro benzene ring substituents is 1. The molecule has 1 aromatic rings. The number of halogens is 1. The van der Waals surface area contributed by atoms with Crippen LogP contribution in [0.25, 0.3) is 0 Å². The summed E-state index contributed by atoms with van der Waals surface area (Å²) in [6.07, 6.45) is 0.492. The van der Waals surface area contributed by atoms with Gasteiger partial charge in [0.1, 0.15) is 0 Å². The van der Waals surface area contributed by atoms with Crippen molar-refractivity contribution in [1.29, 1.82) is 0 Å². The molecule has 0 radical (unpaired) electrons. The van der Waals surface area contributed by atoms with Crippen molar-refractivity contribution in [2.24, 2.45) is 11.7 Å². The van der Waals surface area contributed by atoms with Gasteiger partial charge in [0.25, 0.3) is 5.69 Å². The third kappa shape index (κ3) is 4.89. The molecule has 0 saturated heterocycles. The number of nitrogens with zero attached hydrogens (tertiary/aromatic N) is 2. The summed E-state index contributed by atoms with van der Waals surface area (Å²) in [5.74, 6) is 0.237. The first-order valence-electron chi connectivity index (χ1n) is 7.46. The Balaban J connectivity index is 0.00000529. The zero-order chi connectivity index (χ0) is 17.9. The van der Waals surface area contributed by atoms with Crippen LogP contribution in [0.15, 0.2) is 17.0 Å². The van der Waals surface area contributed by atoms with Crippen LogP contribution in [0.5, 0.6) is 0 Å². The standard InChI is InChI=1S/C15H25N3O4S.ClH/c1-10(2)13(16)8-9-17(5)23(21,22)15-12(4)7-6-11(3)14(15)18(19)20;/h6-7,10,13H,8-9,16H2,1-5H3;1H. The summed E-state index contributed by atoms with van der Waals surface area (Å²) in [5.41, 5.74) is 6.28.